The average Bonchev–Trinajstić information content (AvgIpc) is 1.46. The highest BCUT2D eigenvalue weighted by atomic mass is 32.1. The third kappa shape index (κ3) is 9.70. The van der Waals surface area contributed by atoms with Crippen molar-refractivity contribution < 1.29 is 0 Å². The molecule has 0 saturated heterocycles. The second-order valence-electron chi connectivity index (χ2n) is 32.8. The molecule has 2 aliphatic heterocycles. The molecular weight excluding hydrogens is 1380 g/mol. The molecule has 19 aromatic rings. The van der Waals surface area contributed by atoms with Crippen LogP contribution in [0.5, 0.6) is 0 Å². The Bertz CT molecular complexity index is 7120. The molecular formula is C105H82N4S2. The lowest BCUT2D eigenvalue weighted by atomic mass is 9.72. The molecule has 0 amide bonds. The zero-order valence-corrected chi connectivity index (χ0v) is 64.4. The zero-order valence-electron chi connectivity index (χ0n) is 62.8. The average molecular weight is 1460 g/mol. The maximum atomic E-state index is 2.50. The molecule has 4 aromatic heterocycles. The minimum atomic E-state index is -0.199. The molecule has 0 saturated carbocycles. The van der Waals surface area contributed by atoms with E-state index in [0.717, 1.165) is 0 Å². The van der Waals surface area contributed by atoms with E-state index in [1.54, 1.807) is 0 Å². The number of hydrogen-bond acceptors (Lipinski definition) is 4. The van der Waals surface area contributed by atoms with Crippen LogP contribution in [0.3, 0.4) is 0 Å². The number of hydrogen-bond donors (Lipinski definition) is 0. The number of aromatic nitrogens is 2. The summed E-state index contributed by atoms with van der Waals surface area (Å²) >= 11 is 3.75. The molecule has 15 aromatic carbocycles. The van der Waals surface area contributed by atoms with Gasteiger partial charge in [0.05, 0.1) is 39.3 Å². The standard InChI is InChI=1S/C54H40N2S.C50H38N2S.CH4/c1-53(2)43-16-8-5-13-37(43)38-25-23-36(32-45(38)53)56-49-19-11-9-17-44(49)54(3,4)46-30-34(22-27-50(46)56)33-21-26-48-41(29-33)39-14-6-10-18-47(39)55(48)35-24-28-52-42(31-35)40-15-7-12-20-51(40)57-52;1-49(2)39-16-8-5-13-35(39)36-27-26-34(30-41(36)49)51-44-19-11-9-17-40(44)50(3,4)42-29-32(23-28-45(42)51)31-21-24-33(25-22-31)52-43-18-10-6-14-37(43)47-38-15-7-12-20-46(38)53-48(47)52;/h5-32H,1-4H3;5-30H,1-4H3;1H4. The minimum absolute atomic E-state index is 0. The van der Waals surface area contributed by atoms with Crippen LogP contribution < -0.4 is 9.80 Å². The highest BCUT2D eigenvalue weighted by molar-refractivity contribution is 7.26. The van der Waals surface area contributed by atoms with Crippen LogP contribution in [0.15, 0.2) is 328 Å². The number of para-hydroxylation sites is 4. The number of nitrogens with zero attached hydrogens (tertiary/aromatic N) is 4. The van der Waals surface area contributed by atoms with Crippen molar-refractivity contribution in [3.63, 3.8) is 0 Å². The summed E-state index contributed by atoms with van der Waals surface area (Å²) in [5.74, 6) is 0. The number of thiophene rings is 2. The van der Waals surface area contributed by atoms with Crippen molar-refractivity contribution in [2.45, 2.75) is 84.5 Å². The quantitative estimate of drug-likeness (QED) is 0.165. The first-order valence-corrected chi connectivity index (χ1v) is 40.3. The van der Waals surface area contributed by atoms with Crippen LogP contribution in [0, 0.1) is 0 Å². The molecule has 0 spiro atoms. The van der Waals surface area contributed by atoms with E-state index in [1.807, 2.05) is 22.7 Å². The third-order valence-electron chi connectivity index (χ3n) is 25.4. The van der Waals surface area contributed by atoms with E-state index in [-0.39, 0.29) is 29.1 Å². The van der Waals surface area contributed by atoms with E-state index in [9.17, 15) is 0 Å². The summed E-state index contributed by atoms with van der Waals surface area (Å²) in [6, 6.07) is 123. The zero-order chi connectivity index (χ0) is 73.8. The van der Waals surface area contributed by atoms with Gasteiger partial charge in [0, 0.05) is 96.2 Å². The van der Waals surface area contributed by atoms with E-state index in [4.69, 9.17) is 0 Å². The van der Waals surface area contributed by atoms with Gasteiger partial charge in [-0.05, 0) is 216 Å². The smallest absolute Gasteiger partial charge is 0.109 e. The Morgan fingerprint density at radius 2 is 0.622 bits per heavy atom. The maximum absolute atomic E-state index is 2.50. The fourth-order valence-electron chi connectivity index (χ4n) is 19.8. The lowest BCUT2D eigenvalue weighted by Crippen LogP contribution is -2.30. The summed E-state index contributed by atoms with van der Waals surface area (Å²) in [6.07, 6.45) is 0. The second kappa shape index (κ2) is 24.3. The predicted octanol–water partition coefficient (Wildman–Crippen LogP) is 30.0. The highest BCUT2D eigenvalue weighted by Crippen LogP contribution is 2.59. The summed E-state index contributed by atoms with van der Waals surface area (Å²) in [6.45, 7) is 19.0. The fraction of sp³-hybridized carbons (Fsp3) is 0.124. The molecule has 0 N–H and O–H groups in total. The molecule has 23 rings (SSSR count). The van der Waals surface area contributed by atoms with E-state index in [0.29, 0.717) is 0 Å². The first-order valence-electron chi connectivity index (χ1n) is 38.6. The van der Waals surface area contributed by atoms with Crippen LogP contribution in [-0.2, 0) is 21.7 Å². The van der Waals surface area contributed by atoms with Crippen molar-refractivity contribution in [3.8, 4) is 55.9 Å². The molecule has 534 valence electrons. The Morgan fingerprint density at radius 1 is 0.225 bits per heavy atom. The van der Waals surface area contributed by atoms with Gasteiger partial charge in [0.15, 0.2) is 0 Å². The summed E-state index contributed by atoms with van der Waals surface area (Å²) in [7, 11) is 0. The van der Waals surface area contributed by atoms with Crippen molar-refractivity contribution in [1.29, 1.82) is 0 Å². The Morgan fingerprint density at radius 3 is 1.22 bits per heavy atom. The summed E-state index contributed by atoms with van der Waals surface area (Å²) in [4.78, 5) is 6.30. The second-order valence-corrected chi connectivity index (χ2v) is 34.9. The van der Waals surface area contributed by atoms with Gasteiger partial charge in [-0.2, -0.15) is 0 Å². The Balaban J connectivity index is 0.000000140. The highest BCUT2D eigenvalue weighted by Gasteiger charge is 2.42. The molecule has 6 heteroatoms. The molecule has 4 nitrogen and oxygen atoms in total. The van der Waals surface area contributed by atoms with Crippen molar-refractivity contribution in [3.05, 3.63) is 372 Å². The maximum Gasteiger partial charge on any atom is 0.109 e. The molecule has 0 radical (unpaired) electrons. The third-order valence-corrected chi connectivity index (χ3v) is 27.7. The van der Waals surface area contributed by atoms with Gasteiger partial charge in [0.1, 0.15) is 4.83 Å². The molecule has 6 heterocycles. The predicted molar refractivity (Wildman–Crippen MR) is 476 cm³/mol. The monoisotopic (exact) mass is 1460 g/mol. The first kappa shape index (κ1) is 66.8. The van der Waals surface area contributed by atoms with Gasteiger partial charge < -0.3 is 18.9 Å². The van der Waals surface area contributed by atoms with E-state index >= 15 is 0 Å². The van der Waals surface area contributed by atoms with Gasteiger partial charge in [-0.25, -0.2) is 0 Å². The van der Waals surface area contributed by atoms with Crippen molar-refractivity contribution >= 4 is 130 Å². The van der Waals surface area contributed by atoms with Crippen molar-refractivity contribution in [2.24, 2.45) is 0 Å². The van der Waals surface area contributed by atoms with Gasteiger partial charge in [0.25, 0.3) is 0 Å². The normalized spacial score (nSPS) is 14.8. The van der Waals surface area contributed by atoms with Crippen LogP contribution in [0.1, 0.15) is 107 Å². The number of anilines is 6. The Labute approximate surface area is 656 Å². The van der Waals surface area contributed by atoms with Crippen LogP contribution in [-0.4, -0.2) is 9.13 Å². The lowest BCUT2D eigenvalue weighted by Gasteiger charge is -2.42. The largest absolute Gasteiger partial charge is 0.310 e. The summed E-state index contributed by atoms with van der Waals surface area (Å²) < 4.78 is 8.88. The number of benzene rings is 15. The fourth-order valence-corrected chi connectivity index (χ4v) is 22.1. The van der Waals surface area contributed by atoms with Crippen LogP contribution in [0.2, 0.25) is 0 Å². The van der Waals surface area contributed by atoms with E-state index in [1.165, 1.54) is 208 Å². The van der Waals surface area contributed by atoms with Crippen LogP contribution in [0.25, 0.3) is 129 Å². The molecule has 4 aliphatic rings. The number of rotatable bonds is 6. The molecule has 0 fully saturated rings. The van der Waals surface area contributed by atoms with E-state index in [2.05, 4.69) is 402 Å². The van der Waals surface area contributed by atoms with Crippen molar-refractivity contribution in [2.75, 3.05) is 9.80 Å². The SMILES string of the molecule is C.CC1(C)c2ccccc2-c2ccc(N3c4ccccc4C(C)(C)c4cc(-c5ccc(-n6c7ccccc7c7c8ccccc8sc76)cc5)ccc43)cc21.CC1(C)c2ccccc2-c2ccc(N3c4ccccc4C(C)(C)c4cc(-c5ccc6c(c5)c5ccccc5n6-c5ccc6sc7ccccc7c6c5)ccc43)cc21. The lowest BCUT2D eigenvalue weighted by molar-refractivity contribution is 0.631. The number of fused-ring (bicyclic) bond motifs is 21. The Kier molecular flexibility index (Phi) is 14.7. The van der Waals surface area contributed by atoms with Gasteiger partial charge >= 0.3 is 0 Å². The molecule has 0 atom stereocenters. The Hall–Kier alpha value is -12.3. The van der Waals surface area contributed by atoms with Crippen molar-refractivity contribution in [1.82, 2.24) is 9.13 Å². The topological polar surface area (TPSA) is 16.3 Å². The van der Waals surface area contributed by atoms with Crippen LogP contribution in [0.4, 0.5) is 34.1 Å². The van der Waals surface area contributed by atoms with E-state index < -0.39 is 0 Å². The van der Waals surface area contributed by atoms with Gasteiger partial charge in [0.2, 0.25) is 0 Å². The molecule has 0 bridgehead atoms. The molecule has 0 unspecified atom stereocenters. The van der Waals surface area contributed by atoms with Gasteiger partial charge in [-0.15, -0.1) is 22.7 Å². The van der Waals surface area contributed by atoms with Crippen LogP contribution >= 0.6 is 22.7 Å². The molecule has 111 heavy (non-hydrogen) atoms. The molecule has 2 aliphatic carbocycles. The minimum Gasteiger partial charge on any atom is -0.310 e. The van der Waals surface area contributed by atoms with Gasteiger partial charge in [-0.1, -0.05) is 263 Å². The van der Waals surface area contributed by atoms with Gasteiger partial charge in [-0.3, -0.25) is 0 Å². The first-order chi connectivity index (χ1) is 53.6. The summed E-state index contributed by atoms with van der Waals surface area (Å²) in [5, 5.41) is 9.17. The summed E-state index contributed by atoms with van der Waals surface area (Å²) in [5.41, 5.74) is 34.2.